The summed E-state index contributed by atoms with van der Waals surface area (Å²) in [6, 6.07) is 11.8. The summed E-state index contributed by atoms with van der Waals surface area (Å²) in [4.78, 5) is 13.3. The molecule has 0 atom stereocenters. The summed E-state index contributed by atoms with van der Waals surface area (Å²) in [5.74, 6) is 0.158. The first-order chi connectivity index (χ1) is 8.03. The molecule has 0 saturated carbocycles. The highest BCUT2D eigenvalue weighted by molar-refractivity contribution is 9.10. The molecule has 0 bridgehead atoms. The maximum Gasteiger partial charge on any atom is 0.183 e. The second kappa shape index (κ2) is 4.75. The Morgan fingerprint density at radius 2 is 1.82 bits per heavy atom. The molecule has 0 saturated heterocycles. The summed E-state index contributed by atoms with van der Waals surface area (Å²) >= 11 is 4.90. The Bertz CT molecular complexity index is 528. The van der Waals surface area contributed by atoms with E-state index in [-0.39, 0.29) is 5.78 Å². The lowest BCUT2D eigenvalue weighted by molar-refractivity contribution is 0.0912. The maximum absolute atomic E-state index is 12.5. The van der Waals surface area contributed by atoms with E-state index in [2.05, 4.69) is 15.9 Å². The molecule has 1 nitrogen and oxygen atoms in total. The molecular formula is C14H13BrOS. The van der Waals surface area contributed by atoms with Crippen LogP contribution in [0.3, 0.4) is 0 Å². The van der Waals surface area contributed by atoms with Crippen LogP contribution in [0.1, 0.15) is 29.1 Å². The van der Waals surface area contributed by atoms with E-state index in [9.17, 15) is 4.79 Å². The normalized spacial score (nSPS) is 11.5. The SMILES string of the molecule is CC(C)(C(=O)c1sccc1Br)c1ccccc1. The third-order valence-corrected chi connectivity index (χ3v) is 4.72. The minimum Gasteiger partial charge on any atom is -0.292 e. The van der Waals surface area contributed by atoms with Gasteiger partial charge >= 0.3 is 0 Å². The average molecular weight is 309 g/mol. The largest absolute Gasteiger partial charge is 0.292 e. The van der Waals surface area contributed by atoms with E-state index >= 15 is 0 Å². The minimum atomic E-state index is -0.491. The van der Waals surface area contributed by atoms with Gasteiger partial charge in [0.1, 0.15) is 0 Å². The Hall–Kier alpha value is -0.930. The monoisotopic (exact) mass is 308 g/mol. The fourth-order valence-corrected chi connectivity index (χ4v) is 3.38. The molecule has 0 fully saturated rings. The number of carbonyl (C=O) groups excluding carboxylic acids is 1. The van der Waals surface area contributed by atoms with Crippen LogP contribution >= 0.6 is 27.3 Å². The highest BCUT2D eigenvalue weighted by Gasteiger charge is 2.32. The molecule has 0 aliphatic heterocycles. The lowest BCUT2D eigenvalue weighted by Crippen LogP contribution is -2.28. The molecule has 0 N–H and O–H groups in total. The summed E-state index contributed by atoms with van der Waals surface area (Å²) in [5.41, 5.74) is 0.555. The molecular weight excluding hydrogens is 296 g/mol. The molecule has 1 aromatic heterocycles. The highest BCUT2D eigenvalue weighted by Crippen LogP contribution is 2.33. The van der Waals surface area contributed by atoms with Gasteiger partial charge in [0.2, 0.25) is 0 Å². The molecule has 0 amide bonds. The first-order valence-corrected chi connectivity index (χ1v) is 7.04. The quantitative estimate of drug-likeness (QED) is 0.753. The molecule has 0 aliphatic carbocycles. The molecule has 0 spiro atoms. The number of ketones is 1. The van der Waals surface area contributed by atoms with Crippen molar-refractivity contribution in [2.45, 2.75) is 19.3 Å². The van der Waals surface area contributed by atoms with Crippen molar-refractivity contribution in [1.82, 2.24) is 0 Å². The van der Waals surface area contributed by atoms with Crippen molar-refractivity contribution in [2.24, 2.45) is 0 Å². The van der Waals surface area contributed by atoms with E-state index in [1.807, 2.05) is 55.6 Å². The van der Waals surface area contributed by atoms with E-state index < -0.39 is 5.41 Å². The molecule has 0 unspecified atom stereocenters. The minimum absolute atomic E-state index is 0.158. The van der Waals surface area contributed by atoms with E-state index in [1.54, 1.807) is 0 Å². The van der Waals surface area contributed by atoms with Crippen LogP contribution in [0.4, 0.5) is 0 Å². The van der Waals surface area contributed by atoms with Crippen molar-refractivity contribution in [3.05, 3.63) is 56.7 Å². The van der Waals surface area contributed by atoms with Crippen LogP contribution in [0.15, 0.2) is 46.3 Å². The van der Waals surface area contributed by atoms with Crippen LogP contribution in [-0.2, 0) is 5.41 Å². The molecule has 17 heavy (non-hydrogen) atoms. The number of halogens is 1. The molecule has 0 radical (unpaired) electrons. The highest BCUT2D eigenvalue weighted by atomic mass is 79.9. The van der Waals surface area contributed by atoms with Gasteiger partial charge in [-0.15, -0.1) is 11.3 Å². The Morgan fingerprint density at radius 1 is 1.18 bits per heavy atom. The summed E-state index contributed by atoms with van der Waals surface area (Å²) in [6.07, 6.45) is 0. The first-order valence-electron chi connectivity index (χ1n) is 5.37. The van der Waals surface area contributed by atoms with Gasteiger partial charge in [0, 0.05) is 4.47 Å². The number of thiophene rings is 1. The zero-order valence-corrected chi connectivity index (χ0v) is 12.1. The van der Waals surface area contributed by atoms with Gasteiger partial charge in [-0.2, -0.15) is 0 Å². The second-order valence-electron chi connectivity index (χ2n) is 4.42. The Morgan fingerprint density at radius 3 is 2.35 bits per heavy atom. The molecule has 88 valence electrons. The van der Waals surface area contributed by atoms with E-state index in [1.165, 1.54) is 11.3 Å². The molecule has 2 rings (SSSR count). The summed E-state index contributed by atoms with van der Waals surface area (Å²) < 4.78 is 0.886. The smallest absolute Gasteiger partial charge is 0.183 e. The van der Waals surface area contributed by atoms with E-state index in [4.69, 9.17) is 0 Å². The van der Waals surface area contributed by atoms with Crippen LogP contribution in [0, 0.1) is 0 Å². The van der Waals surface area contributed by atoms with Crippen LogP contribution < -0.4 is 0 Å². The zero-order valence-electron chi connectivity index (χ0n) is 9.74. The van der Waals surface area contributed by atoms with Crippen molar-refractivity contribution in [2.75, 3.05) is 0 Å². The third-order valence-electron chi connectivity index (χ3n) is 2.89. The maximum atomic E-state index is 12.5. The van der Waals surface area contributed by atoms with E-state index in [0.717, 1.165) is 14.9 Å². The van der Waals surface area contributed by atoms with Crippen molar-refractivity contribution in [1.29, 1.82) is 0 Å². The topological polar surface area (TPSA) is 17.1 Å². The van der Waals surface area contributed by atoms with Crippen LogP contribution in [0.5, 0.6) is 0 Å². The second-order valence-corrected chi connectivity index (χ2v) is 6.19. The van der Waals surface area contributed by atoms with Crippen molar-refractivity contribution < 1.29 is 4.79 Å². The van der Waals surface area contributed by atoms with Gasteiger partial charge in [-0.1, -0.05) is 30.3 Å². The number of carbonyl (C=O) groups is 1. The number of hydrogen-bond donors (Lipinski definition) is 0. The number of Topliss-reactive ketones (excluding diaryl/α,β-unsaturated/α-hetero) is 1. The number of hydrogen-bond acceptors (Lipinski definition) is 2. The fraction of sp³-hybridized carbons (Fsp3) is 0.214. The molecule has 1 heterocycles. The Balaban J connectivity index is 2.40. The number of rotatable bonds is 3. The molecule has 1 aromatic carbocycles. The Kier molecular flexibility index (Phi) is 3.50. The molecule has 2 aromatic rings. The molecule has 3 heteroatoms. The van der Waals surface area contributed by atoms with Crippen molar-refractivity contribution >= 4 is 33.0 Å². The third kappa shape index (κ3) is 2.35. The molecule has 0 aliphatic rings. The van der Waals surface area contributed by atoms with Crippen LogP contribution in [0.25, 0.3) is 0 Å². The summed E-state index contributed by atoms with van der Waals surface area (Å²) in [6.45, 7) is 3.94. The first kappa shape index (κ1) is 12.5. The standard InChI is InChI=1S/C14H13BrOS/c1-14(2,10-6-4-3-5-7-10)13(16)12-11(15)8-9-17-12/h3-9H,1-2H3. The summed E-state index contributed by atoms with van der Waals surface area (Å²) in [7, 11) is 0. The lowest BCUT2D eigenvalue weighted by Gasteiger charge is -2.23. The fourth-order valence-electron chi connectivity index (χ4n) is 1.73. The predicted molar refractivity (Wildman–Crippen MR) is 75.8 cm³/mol. The lowest BCUT2D eigenvalue weighted by atomic mass is 9.80. The zero-order chi connectivity index (χ0) is 12.5. The van der Waals surface area contributed by atoms with Crippen LogP contribution in [0.2, 0.25) is 0 Å². The summed E-state index contributed by atoms with van der Waals surface area (Å²) in [5, 5.41) is 1.93. The number of benzene rings is 1. The average Bonchev–Trinajstić information content (AvgIpc) is 2.75. The van der Waals surface area contributed by atoms with Crippen molar-refractivity contribution in [3.8, 4) is 0 Å². The van der Waals surface area contributed by atoms with Crippen molar-refractivity contribution in [3.63, 3.8) is 0 Å². The van der Waals surface area contributed by atoms with Crippen LogP contribution in [-0.4, -0.2) is 5.78 Å². The van der Waals surface area contributed by atoms with Gasteiger partial charge in [0.05, 0.1) is 10.3 Å². The van der Waals surface area contributed by atoms with Gasteiger partial charge in [-0.25, -0.2) is 0 Å². The Labute approximate surface area is 114 Å². The van der Waals surface area contributed by atoms with Gasteiger partial charge in [0.15, 0.2) is 5.78 Å². The van der Waals surface area contributed by atoms with Gasteiger partial charge < -0.3 is 0 Å². The van der Waals surface area contributed by atoms with Gasteiger partial charge in [-0.05, 0) is 46.8 Å². The van der Waals surface area contributed by atoms with Gasteiger partial charge in [-0.3, -0.25) is 4.79 Å². The van der Waals surface area contributed by atoms with Gasteiger partial charge in [0.25, 0.3) is 0 Å². The predicted octanol–water partition coefficient (Wildman–Crippen LogP) is 4.67. The van der Waals surface area contributed by atoms with E-state index in [0.29, 0.717) is 0 Å².